The molecule has 164 valence electrons. The highest BCUT2D eigenvalue weighted by Crippen LogP contribution is 2.36. The molecule has 3 rings (SSSR count). The van der Waals surface area contributed by atoms with Gasteiger partial charge in [0.1, 0.15) is 0 Å². The van der Waals surface area contributed by atoms with Crippen molar-refractivity contribution in [1.29, 1.82) is 0 Å². The Morgan fingerprint density at radius 1 is 1.13 bits per heavy atom. The molecular formula is C20H17ClF3N3O4. The molecule has 0 aliphatic carbocycles. The third-order valence-corrected chi connectivity index (χ3v) is 4.56. The zero-order valence-corrected chi connectivity index (χ0v) is 17.2. The van der Waals surface area contributed by atoms with Gasteiger partial charge in [-0.05, 0) is 36.4 Å². The Bertz CT molecular complexity index is 1090. The maximum Gasteiger partial charge on any atom is 0.417 e. The SMILES string of the molecule is COc1ccc(-c2noc(CCC(=O)Nc3ccc(Cl)c(C(F)(F)F)c3)n2)cc1OC. The van der Waals surface area contributed by atoms with Crippen molar-refractivity contribution in [3.63, 3.8) is 0 Å². The number of nitrogens with one attached hydrogen (secondary N) is 1. The molecule has 2 aromatic carbocycles. The lowest BCUT2D eigenvalue weighted by atomic mass is 10.2. The Morgan fingerprint density at radius 2 is 1.87 bits per heavy atom. The highest BCUT2D eigenvalue weighted by molar-refractivity contribution is 6.31. The van der Waals surface area contributed by atoms with Gasteiger partial charge in [0.2, 0.25) is 17.6 Å². The summed E-state index contributed by atoms with van der Waals surface area (Å²) in [6, 6.07) is 8.24. The summed E-state index contributed by atoms with van der Waals surface area (Å²) >= 11 is 5.57. The van der Waals surface area contributed by atoms with Crippen LogP contribution in [-0.2, 0) is 17.4 Å². The number of rotatable bonds is 7. The zero-order valence-electron chi connectivity index (χ0n) is 16.4. The van der Waals surface area contributed by atoms with E-state index in [1.54, 1.807) is 18.2 Å². The number of anilines is 1. The van der Waals surface area contributed by atoms with E-state index in [9.17, 15) is 18.0 Å². The Hall–Kier alpha value is -3.27. The molecular weight excluding hydrogens is 439 g/mol. The molecule has 0 aliphatic heterocycles. The largest absolute Gasteiger partial charge is 0.493 e. The molecule has 3 aromatic rings. The molecule has 0 saturated carbocycles. The van der Waals surface area contributed by atoms with Crippen LogP contribution in [0.3, 0.4) is 0 Å². The Morgan fingerprint density at radius 3 is 2.55 bits per heavy atom. The molecule has 11 heteroatoms. The summed E-state index contributed by atoms with van der Waals surface area (Å²) in [6.07, 6.45) is -4.59. The third kappa shape index (κ3) is 5.46. The average Bonchev–Trinajstić information content (AvgIpc) is 3.21. The fourth-order valence-electron chi connectivity index (χ4n) is 2.71. The number of hydrogen-bond donors (Lipinski definition) is 1. The Kier molecular flexibility index (Phi) is 6.69. The van der Waals surface area contributed by atoms with Gasteiger partial charge in [-0.15, -0.1) is 0 Å². The third-order valence-electron chi connectivity index (χ3n) is 4.23. The second-order valence-electron chi connectivity index (χ2n) is 6.32. The van der Waals surface area contributed by atoms with Crippen molar-refractivity contribution >= 4 is 23.2 Å². The van der Waals surface area contributed by atoms with E-state index in [1.165, 1.54) is 20.3 Å². The van der Waals surface area contributed by atoms with E-state index >= 15 is 0 Å². The lowest BCUT2D eigenvalue weighted by Crippen LogP contribution is -2.14. The van der Waals surface area contributed by atoms with E-state index in [0.717, 1.165) is 12.1 Å². The first-order valence-corrected chi connectivity index (χ1v) is 9.30. The number of aromatic nitrogens is 2. The predicted molar refractivity (Wildman–Crippen MR) is 106 cm³/mol. The first-order chi connectivity index (χ1) is 14.7. The number of alkyl halides is 3. The summed E-state index contributed by atoms with van der Waals surface area (Å²) in [5, 5.41) is 5.83. The van der Waals surface area contributed by atoms with Gasteiger partial charge < -0.3 is 19.3 Å². The van der Waals surface area contributed by atoms with Crippen LogP contribution in [0.25, 0.3) is 11.4 Å². The van der Waals surface area contributed by atoms with Gasteiger partial charge in [-0.2, -0.15) is 18.2 Å². The van der Waals surface area contributed by atoms with E-state index in [1.807, 2.05) is 0 Å². The molecule has 31 heavy (non-hydrogen) atoms. The van der Waals surface area contributed by atoms with Crippen LogP contribution in [0.5, 0.6) is 11.5 Å². The van der Waals surface area contributed by atoms with Crippen LogP contribution in [0.4, 0.5) is 18.9 Å². The van der Waals surface area contributed by atoms with Gasteiger partial charge >= 0.3 is 6.18 Å². The van der Waals surface area contributed by atoms with E-state index in [4.69, 9.17) is 25.6 Å². The molecule has 0 radical (unpaired) electrons. The minimum absolute atomic E-state index is 0.0155. The van der Waals surface area contributed by atoms with Gasteiger partial charge in [-0.1, -0.05) is 16.8 Å². The fraction of sp³-hybridized carbons (Fsp3) is 0.250. The molecule has 7 nitrogen and oxygen atoms in total. The van der Waals surface area contributed by atoms with Gasteiger partial charge in [0.15, 0.2) is 11.5 Å². The standard InChI is InChI=1S/C20H17ClF3N3O4/c1-29-15-6-3-11(9-16(15)30-2)19-26-18(31-27-19)8-7-17(28)25-12-4-5-14(21)13(10-12)20(22,23)24/h3-6,9-10H,7-8H2,1-2H3,(H,25,28). The zero-order chi connectivity index (χ0) is 22.6. The van der Waals surface area contributed by atoms with Crippen molar-refractivity contribution in [1.82, 2.24) is 10.1 Å². The molecule has 0 unspecified atom stereocenters. The number of aryl methyl sites for hydroxylation is 1. The maximum atomic E-state index is 12.9. The number of carbonyl (C=O) groups excluding carboxylic acids is 1. The van der Waals surface area contributed by atoms with Crippen molar-refractivity contribution in [3.8, 4) is 22.9 Å². The number of halogens is 4. The number of nitrogens with zero attached hydrogens (tertiary/aromatic N) is 2. The quantitative estimate of drug-likeness (QED) is 0.539. The fourth-order valence-corrected chi connectivity index (χ4v) is 2.94. The molecule has 1 N–H and O–H groups in total. The molecule has 1 amide bonds. The topological polar surface area (TPSA) is 86.5 Å². The number of hydrogen-bond acceptors (Lipinski definition) is 6. The first kappa shape index (κ1) is 22.4. The molecule has 0 spiro atoms. The second kappa shape index (κ2) is 9.25. The molecule has 0 bridgehead atoms. The normalized spacial score (nSPS) is 11.3. The smallest absolute Gasteiger partial charge is 0.417 e. The van der Waals surface area contributed by atoms with Crippen LogP contribution in [0.15, 0.2) is 40.9 Å². The van der Waals surface area contributed by atoms with E-state index in [0.29, 0.717) is 22.9 Å². The van der Waals surface area contributed by atoms with Crippen molar-refractivity contribution in [2.45, 2.75) is 19.0 Å². The summed E-state index contributed by atoms with van der Waals surface area (Å²) < 4.78 is 54.3. The first-order valence-electron chi connectivity index (χ1n) is 8.93. The van der Waals surface area contributed by atoms with E-state index in [-0.39, 0.29) is 24.4 Å². The van der Waals surface area contributed by atoms with Crippen molar-refractivity contribution in [2.24, 2.45) is 0 Å². The summed E-state index contributed by atoms with van der Waals surface area (Å²) in [5.74, 6) is 1.02. The van der Waals surface area contributed by atoms with Crippen LogP contribution in [0, 0.1) is 0 Å². The molecule has 0 atom stereocenters. The number of ether oxygens (including phenoxy) is 2. The average molecular weight is 456 g/mol. The van der Waals surface area contributed by atoms with Gasteiger partial charge in [0.25, 0.3) is 0 Å². The van der Waals surface area contributed by atoms with Crippen LogP contribution in [0.2, 0.25) is 5.02 Å². The summed E-state index contributed by atoms with van der Waals surface area (Å²) in [5.41, 5.74) is -0.417. The highest BCUT2D eigenvalue weighted by atomic mass is 35.5. The molecule has 0 saturated heterocycles. The lowest BCUT2D eigenvalue weighted by Gasteiger charge is -2.11. The number of methoxy groups -OCH3 is 2. The number of amides is 1. The van der Waals surface area contributed by atoms with Crippen molar-refractivity contribution < 1.29 is 32.0 Å². The maximum absolute atomic E-state index is 12.9. The predicted octanol–water partition coefficient (Wildman–Crippen LogP) is 5.00. The number of benzene rings is 2. The minimum Gasteiger partial charge on any atom is -0.493 e. The molecule has 1 heterocycles. The summed E-state index contributed by atoms with van der Waals surface area (Å²) in [7, 11) is 3.02. The Labute approximate surface area is 180 Å². The van der Waals surface area contributed by atoms with E-state index < -0.39 is 22.7 Å². The summed E-state index contributed by atoms with van der Waals surface area (Å²) in [4.78, 5) is 16.3. The molecule has 0 aliphatic rings. The lowest BCUT2D eigenvalue weighted by molar-refractivity contribution is -0.137. The van der Waals surface area contributed by atoms with Gasteiger partial charge in [0.05, 0.1) is 24.8 Å². The number of carbonyl (C=O) groups is 1. The second-order valence-corrected chi connectivity index (χ2v) is 6.73. The summed E-state index contributed by atoms with van der Waals surface area (Å²) in [6.45, 7) is 0. The van der Waals surface area contributed by atoms with Crippen LogP contribution in [-0.4, -0.2) is 30.3 Å². The molecule has 1 aromatic heterocycles. The van der Waals surface area contributed by atoms with Crippen LogP contribution < -0.4 is 14.8 Å². The Balaban J connectivity index is 1.63. The van der Waals surface area contributed by atoms with Crippen molar-refractivity contribution in [2.75, 3.05) is 19.5 Å². The van der Waals surface area contributed by atoms with Crippen molar-refractivity contribution in [3.05, 3.63) is 52.9 Å². The van der Waals surface area contributed by atoms with Gasteiger partial charge in [-0.3, -0.25) is 4.79 Å². The minimum atomic E-state index is -4.62. The van der Waals surface area contributed by atoms with E-state index in [2.05, 4.69) is 15.5 Å². The van der Waals surface area contributed by atoms with Crippen LogP contribution >= 0.6 is 11.6 Å². The monoisotopic (exact) mass is 455 g/mol. The van der Waals surface area contributed by atoms with Gasteiger partial charge in [0, 0.05) is 24.1 Å². The van der Waals surface area contributed by atoms with Crippen LogP contribution in [0.1, 0.15) is 17.9 Å². The van der Waals surface area contributed by atoms with Gasteiger partial charge in [-0.25, -0.2) is 0 Å². The molecule has 0 fully saturated rings. The highest BCUT2D eigenvalue weighted by Gasteiger charge is 2.33.